The molecule has 156 valence electrons. The maximum atomic E-state index is 10.9. The van der Waals surface area contributed by atoms with Gasteiger partial charge in [0.1, 0.15) is 5.75 Å². The SMILES string of the molecule is CC(C)(C)CC(c1ccc(OC(O)C2(C)CC3C=CC2CC3)cc1)C(C)(C)C. The molecule has 0 aliphatic heterocycles. The first-order valence-electron chi connectivity index (χ1n) is 11.0. The van der Waals surface area contributed by atoms with Gasteiger partial charge in [-0.05, 0) is 72.0 Å². The van der Waals surface area contributed by atoms with Crippen molar-refractivity contribution in [1.29, 1.82) is 0 Å². The second-order valence-corrected chi connectivity index (χ2v) is 11.8. The van der Waals surface area contributed by atoms with Crippen LogP contribution < -0.4 is 4.74 Å². The van der Waals surface area contributed by atoms with Gasteiger partial charge in [0.2, 0.25) is 6.29 Å². The first kappa shape index (κ1) is 21.4. The van der Waals surface area contributed by atoms with Crippen LogP contribution in [0.5, 0.6) is 5.75 Å². The van der Waals surface area contributed by atoms with Gasteiger partial charge in [0.05, 0.1) is 0 Å². The molecule has 4 rings (SSSR count). The smallest absolute Gasteiger partial charge is 0.203 e. The lowest BCUT2D eigenvalue weighted by Crippen LogP contribution is -2.47. The van der Waals surface area contributed by atoms with Crippen LogP contribution >= 0.6 is 0 Å². The molecule has 5 atom stereocenters. The quantitative estimate of drug-likeness (QED) is 0.440. The van der Waals surface area contributed by atoms with E-state index >= 15 is 0 Å². The summed E-state index contributed by atoms with van der Waals surface area (Å²) in [6.45, 7) is 16.1. The van der Waals surface area contributed by atoms with Crippen molar-refractivity contribution in [2.75, 3.05) is 0 Å². The van der Waals surface area contributed by atoms with Crippen LogP contribution in [0.3, 0.4) is 0 Å². The van der Waals surface area contributed by atoms with Crippen molar-refractivity contribution in [2.24, 2.45) is 28.1 Å². The summed E-state index contributed by atoms with van der Waals surface area (Å²) in [7, 11) is 0. The number of rotatable bonds is 5. The van der Waals surface area contributed by atoms with Crippen LogP contribution in [0.4, 0.5) is 0 Å². The Morgan fingerprint density at radius 1 is 1.04 bits per heavy atom. The van der Waals surface area contributed by atoms with Crippen LogP contribution in [0, 0.1) is 28.1 Å². The van der Waals surface area contributed by atoms with Crippen LogP contribution in [0.1, 0.15) is 85.6 Å². The van der Waals surface area contributed by atoms with Crippen LogP contribution in [-0.4, -0.2) is 11.4 Å². The normalized spacial score (nSPS) is 29.6. The van der Waals surface area contributed by atoms with E-state index < -0.39 is 6.29 Å². The molecule has 3 aliphatic rings. The largest absolute Gasteiger partial charge is 0.465 e. The molecule has 2 nitrogen and oxygen atoms in total. The molecule has 0 saturated heterocycles. The second kappa shape index (κ2) is 7.52. The van der Waals surface area contributed by atoms with E-state index in [4.69, 9.17) is 4.74 Å². The zero-order valence-electron chi connectivity index (χ0n) is 19.0. The molecule has 1 aromatic rings. The average Bonchev–Trinajstić information content (AvgIpc) is 2.60. The molecule has 0 aromatic heterocycles. The van der Waals surface area contributed by atoms with Crippen molar-refractivity contribution < 1.29 is 9.84 Å². The highest BCUT2D eigenvalue weighted by atomic mass is 16.6. The summed E-state index contributed by atoms with van der Waals surface area (Å²) in [6.07, 6.45) is 8.45. The molecule has 0 spiro atoms. The molecule has 5 unspecified atom stereocenters. The molecule has 28 heavy (non-hydrogen) atoms. The van der Waals surface area contributed by atoms with Gasteiger partial charge in [0.15, 0.2) is 0 Å². The van der Waals surface area contributed by atoms with Gasteiger partial charge < -0.3 is 9.84 Å². The van der Waals surface area contributed by atoms with E-state index in [1.54, 1.807) is 0 Å². The second-order valence-electron chi connectivity index (χ2n) is 11.8. The highest BCUT2D eigenvalue weighted by Crippen LogP contribution is 2.51. The Kier molecular flexibility index (Phi) is 5.75. The molecule has 1 N–H and O–H groups in total. The number of hydrogen-bond acceptors (Lipinski definition) is 2. The third-order valence-corrected chi connectivity index (χ3v) is 6.97. The Bertz CT molecular complexity index is 689. The third kappa shape index (κ3) is 4.64. The molecule has 0 amide bonds. The maximum Gasteiger partial charge on any atom is 0.203 e. The monoisotopic (exact) mass is 384 g/mol. The summed E-state index contributed by atoms with van der Waals surface area (Å²) in [5.41, 5.74) is 1.66. The molecule has 3 aliphatic carbocycles. The highest BCUT2D eigenvalue weighted by Gasteiger charge is 2.47. The fourth-order valence-electron chi connectivity index (χ4n) is 5.18. The molecule has 2 bridgehead atoms. The lowest BCUT2D eigenvalue weighted by Gasteiger charge is -2.48. The summed E-state index contributed by atoms with van der Waals surface area (Å²) in [4.78, 5) is 0. The number of aliphatic hydroxyl groups is 1. The van der Waals surface area contributed by atoms with Gasteiger partial charge in [0, 0.05) is 5.41 Å². The molecule has 2 heteroatoms. The zero-order valence-corrected chi connectivity index (χ0v) is 19.0. The van der Waals surface area contributed by atoms with Crippen molar-refractivity contribution in [1.82, 2.24) is 0 Å². The van der Waals surface area contributed by atoms with Crippen molar-refractivity contribution >= 4 is 0 Å². The van der Waals surface area contributed by atoms with Gasteiger partial charge in [0.25, 0.3) is 0 Å². The zero-order chi connectivity index (χ0) is 20.7. The molecular weight excluding hydrogens is 344 g/mol. The molecule has 0 radical (unpaired) electrons. The van der Waals surface area contributed by atoms with Crippen LogP contribution in [0.2, 0.25) is 0 Å². The Balaban J connectivity index is 1.72. The Hall–Kier alpha value is -1.28. The Morgan fingerprint density at radius 3 is 2.11 bits per heavy atom. The number of hydrogen-bond donors (Lipinski definition) is 1. The van der Waals surface area contributed by atoms with E-state index in [1.165, 1.54) is 12.0 Å². The summed E-state index contributed by atoms with van der Waals surface area (Å²) >= 11 is 0. The number of ether oxygens (including phenoxy) is 1. The number of benzene rings is 1. The predicted octanol–water partition coefficient (Wildman–Crippen LogP) is 6.94. The lowest BCUT2D eigenvalue weighted by molar-refractivity contribution is -0.146. The minimum Gasteiger partial charge on any atom is -0.465 e. The van der Waals surface area contributed by atoms with Crippen LogP contribution in [0.15, 0.2) is 36.4 Å². The van der Waals surface area contributed by atoms with Gasteiger partial charge in [-0.1, -0.05) is 72.8 Å². The minimum absolute atomic E-state index is 0.184. The summed E-state index contributed by atoms with van der Waals surface area (Å²) < 4.78 is 6.05. The van der Waals surface area contributed by atoms with Gasteiger partial charge in [-0.15, -0.1) is 0 Å². The maximum absolute atomic E-state index is 10.9. The molecule has 0 heterocycles. The molecule has 1 aromatic carbocycles. The topological polar surface area (TPSA) is 29.5 Å². The first-order valence-corrected chi connectivity index (χ1v) is 11.0. The van der Waals surface area contributed by atoms with Crippen molar-refractivity contribution in [3.63, 3.8) is 0 Å². The summed E-state index contributed by atoms with van der Waals surface area (Å²) in [6, 6.07) is 8.47. The third-order valence-electron chi connectivity index (χ3n) is 6.97. The predicted molar refractivity (Wildman–Crippen MR) is 117 cm³/mol. The molecule has 1 saturated carbocycles. The lowest BCUT2D eigenvalue weighted by atomic mass is 9.60. The number of allylic oxidation sites excluding steroid dienone is 2. The number of aliphatic hydroxyl groups excluding tert-OH is 1. The van der Waals surface area contributed by atoms with Gasteiger partial charge in [-0.2, -0.15) is 0 Å². The standard InChI is InChI=1S/C26H40O2/c1-24(2,3)17-22(25(4,5)6)19-10-14-21(15-11-19)28-23(27)26(7)16-18-8-12-20(26)13-9-18/h8,10-12,14-15,18,20,22-23,27H,9,13,16-17H2,1-7H3. The van der Waals surface area contributed by atoms with E-state index in [0.29, 0.717) is 17.8 Å². The van der Waals surface area contributed by atoms with Gasteiger partial charge in [-0.25, -0.2) is 0 Å². The van der Waals surface area contributed by atoms with Crippen molar-refractivity contribution in [3.8, 4) is 5.75 Å². The Morgan fingerprint density at radius 2 is 1.68 bits per heavy atom. The van der Waals surface area contributed by atoms with Crippen molar-refractivity contribution in [3.05, 3.63) is 42.0 Å². The van der Waals surface area contributed by atoms with Crippen molar-refractivity contribution in [2.45, 2.75) is 86.4 Å². The van der Waals surface area contributed by atoms with E-state index in [9.17, 15) is 5.11 Å². The van der Waals surface area contributed by atoms with E-state index in [2.05, 4.69) is 72.8 Å². The van der Waals surface area contributed by atoms with Crippen LogP contribution in [-0.2, 0) is 0 Å². The minimum atomic E-state index is -0.760. The molecular formula is C26H40O2. The fourth-order valence-corrected chi connectivity index (χ4v) is 5.18. The van der Waals surface area contributed by atoms with Gasteiger partial charge >= 0.3 is 0 Å². The molecule has 1 fully saturated rings. The summed E-state index contributed by atoms with van der Waals surface area (Å²) in [5, 5.41) is 10.9. The first-order chi connectivity index (χ1) is 12.9. The van der Waals surface area contributed by atoms with E-state index in [0.717, 1.165) is 25.0 Å². The van der Waals surface area contributed by atoms with E-state index in [-0.39, 0.29) is 16.2 Å². The average molecular weight is 385 g/mol. The Labute approximate surface area is 172 Å². The van der Waals surface area contributed by atoms with Crippen LogP contribution in [0.25, 0.3) is 0 Å². The summed E-state index contributed by atoms with van der Waals surface area (Å²) in [5.74, 6) is 2.28. The fraction of sp³-hybridized carbons (Fsp3) is 0.692. The van der Waals surface area contributed by atoms with Gasteiger partial charge in [-0.3, -0.25) is 0 Å². The highest BCUT2D eigenvalue weighted by molar-refractivity contribution is 5.31. The van der Waals surface area contributed by atoms with E-state index in [1.807, 2.05) is 12.1 Å². The number of fused-ring (bicyclic) bond motifs is 2.